The topological polar surface area (TPSA) is 73.3 Å². The van der Waals surface area contributed by atoms with Gasteiger partial charge in [0.2, 0.25) is 0 Å². The van der Waals surface area contributed by atoms with Crippen molar-refractivity contribution >= 4 is 11.8 Å². The average molecular weight is 359 g/mol. The van der Waals surface area contributed by atoms with Crippen LogP contribution < -0.4 is 0 Å². The number of nitrogens with zero attached hydrogens (tertiary/aromatic N) is 3. The number of aliphatic hydroxyl groups excluding tert-OH is 1. The molecule has 0 amide bonds. The SMILES string of the molecule is Cc1occc1-c1nnc(SCCOCCO)n1Cc1ccccc1. The van der Waals surface area contributed by atoms with Gasteiger partial charge < -0.3 is 14.3 Å². The average Bonchev–Trinajstić information content (AvgIpc) is 3.22. The van der Waals surface area contributed by atoms with Crippen LogP contribution in [0.25, 0.3) is 11.4 Å². The third kappa shape index (κ3) is 4.50. The number of aryl methyl sites for hydroxylation is 1. The minimum atomic E-state index is 0.0404. The highest BCUT2D eigenvalue weighted by Gasteiger charge is 2.17. The Morgan fingerprint density at radius 3 is 2.72 bits per heavy atom. The fraction of sp³-hybridized carbons (Fsp3) is 0.333. The van der Waals surface area contributed by atoms with Gasteiger partial charge in [0.05, 0.1) is 38.2 Å². The predicted molar refractivity (Wildman–Crippen MR) is 96.6 cm³/mol. The van der Waals surface area contributed by atoms with Crippen LogP contribution in [0, 0.1) is 6.92 Å². The van der Waals surface area contributed by atoms with Gasteiger partial charge in [0.1, 0.15) is 5.76 Å². The van der Waals surface area contributed by atoms with E-state index in [2.05, 4.69) is 26.9 Å². The van der Waals surface area contributed by atoms with Crippen molar-refractivity contribution < 1.29 is 14.3 Å². The maximum absolute atomic E-state index is 8.76. The second kappa shape index (κ2) is 8.84. The molecule has 0 atom stereocenters. The number of benzene rings is 1. The van der Waals surface area contributed by atoms with Gasteiger partial charge in [-0.3, -0.25) is 4.57 Å². The van der Waals surface area contributed by atoms with E-state index in [4.69, 9.17) is 14.3 Å². The smallest absolute Gasteiger partial charge is 0.191 e. The Hall–Kier alpha value is -2.09. The summed E-state index contributed by atoms with van der Waals surface area (Å²) in [6.07, 6.45) is 1.67. The van der Waals surface area contributed by atoms with Gasteiger partial charge >= 0.3 is 0 Å². The second-order valence-corrected chi connectivity index (χ2v) is 6.51. The number of thioether (sulfide) groups is 1. The summed E-state index contributed by atoms with van der Waals surface area (Å²) >= 11 is 1.59. The van der Waals surface area contributed by atoms with Gasteiger partial charge in [0.15, 0.2) is 11.0 Å². The van der Waals surface area contributed by atoms with Crippen LogP contribution in [0.1, 0.15) is 11.3 Å². The summed E-state index contributed by atoms with van der Waals surface area (Å²) in [6.45, 7) is 3.57. The van der Waals surface area contributed by atoms with Gasteiger partial charge in [-0.25, -0.2) is 0 Å². The van der Waals surface area contributed by atoms with E-state index in [-0.39, 0.29) is 6.61 Å². The lowest BCUT2D eigenvalue weighted by atomic mass is 10.2. The number of ether oxygens (including phenoxy) is 1. The largest absolute Gasteiger partial charge is 0.469 e. The Kier molecular flexibility index (Phi) is 6.27. The van der Waals surface area contributed by atoms with Crippen molar-refractivity contribution in [2.24, 2.45) is 0 Å². The first-order valence-corrected chi connectivity index (χ1v) is 9.11. The summed E-state index contributed by atoms with van der Waals surface area (Å²) in [4.78, 5) is 0. The number of aromatic nitrogens is 3. The molecule has 0 fully saturated rings. The predicted octanol–water partition coefficient (Wildman–Crippen LogP) is 3.00. The van der Waals surface area contributed by atoms with Crippen LogP contribution >= 0.6 is 11.8 Å². The fourth-order valence-electron chi connectivity index (χ4n) is 2.48. The Labute approximate surface area is 150 Å². The van der Waals surface area contributed by atoms with Gasteiger partial charge in [0, 0.05) is 5.75 Å². The van der Waals surface area contributed by atoms with E-state index in [0.717, 1.165) is 28.1 Å². The Bertz CT molecular complexity index is 786. The number of rotatable bonds is 9. The molecule has 0 aliphatic heterocycles. The summed E-state index contributed by atoms with van der Waals surface area (Å²) in [5.41, 5.74) is 2.13. The maximum atomic E-state index is 8.76. The minimum absolute atomic E-state index is 0.0404. The third-order valence-electron chi connectivity index (χ3n) is 3.69. The second-order valence-electron chi connectivity index (χ2n) is 5.45. The van der Waals surface area contributed by atoms with Crippen LogP contribution in [0.3, 0.4) is 0 Å². The molecule has 1 N–H and O–H groups in total. The standard InChI is InChI=1S/C18H21N3O3S/c1-14-16(7-9-24-14)17-19-20-18(25-12-11-23-10-8-22)21(17)13-15-5-3-2-4-6-15/h2-7,9,22H,8,10-13H2,1H3. The first-order chi connectivity index (χ1) is 12.3. The van der Waals surface area contributed by atoms with Gasteiger partial charge in [-0.2, -0.15) is 0 Å². The molecule has 7 heteroatoms. The molecule has 2 heterocycles. The molecule has 2 aromatic heterocycles. The lowest BCUT2D eigenvalue weighted by Gasteiger charge is -2.10. The van der Waals surface area contributed by atoms with Crippen LogP contribution in [-0.4, -0.2) is 45.4 Å². The number of aliphatic hydroxyl groups is 1. The number of hydrogen-bond donors (Lipinski definition) is 1. The molecule has 0 aliphatic carbocycles. The van der Waals surface area contributed by atoms with Crippen LogP contribution in [0.15, 0.2) is 52.2 Å². The lowest BCUT2D eigenvalue weighted by molar-refractivity contribution is 0.103. The van der Waals surface area contributed by atoms with Crippen molar-refractivity contribution in [1.82, 2.24) is 14.8 Å². The van der Waals surface area contributed by atoms with Crippen molar-refractivity contribution in [2.45, 2.75) is 18.6 Å². The third-order valence-corrected chi connectivity index (χ3v) is 4.63. The minimum Gasteiger partial charge on any atom is -0.469 e. The van der Waals surface area contributed by atoms with Crippen LogP contribution in [0.4, 0.5) is 0 Å². The highest BCUT2D eigenvalue weighted by atomic mass is 32.2. The molecule has 0 spiro atoms. The zero-order chi connectivity index (χ0) is 17.5. The van der Waals surface area contributed by atoms with Gasteiger partial charge in [0.25, 0.3) is 0 Å². The quantitative estimate of drug-likeness (QED) is 0.468. The first-order valence-electron chi connectivity index (χ1n) is 8.12. The van der Waals surface area contributed by atoms with Gasteiger partial charge in [-0.1, -0.05) is 42.1 Å². The van der Waals surface area contributed by atoms with Crippen molar-refractivity contribution in [3.8, 4) is 11.4 Å². The zero-order valence-corrected chi connectivity index (χ0v) is 14.9. The molecule has 6 nitrogen and oxygen atoms in total. The highest BCUT2D eigenvalue weighted by Crippen LogP contribution is 2.27. The summed E-state index contributed by atoms with van der Waals surface area (Å²) in [7, 11) is 0. The Morgan fingerprint density at radius 1 is 1.16 bits per heavy atom. The van der Waals surface area contributed by atoms with Crippen LogP contribution in [0.5, 0.6) is 0 Å². The van der Waals surface area contributed by atoms with Crippen molar-refractivity contribution in [1.29, 1.82) is 0 Å². The molecule has 3 aromatic rings. The normalized spacial score (nSPS) is 11.1. The number of hydrogen-bond acceptors (Lipinski definition) is 6. The van der Waals surface area contributed by atoms with E-state index in [1.165, 1.54) is 5.56 Å². The molecule has 0 aliphatic rings. The first kappa shape index (κ1) is 17.7. The van der Waals surface area contributed by atoms with Crippen molar-refractivity contribution in [3.05, 3.63) is 54.0 Å². The molecule has 25 heavy (non-hydrogen) atoms. The molecule has 0 bridgehead atoms. The molecule has 1 aromatic carbocycles. The van der Waals surface area contributed by atoms with E-state index in [1.54, 1.807) is 18.0 Å². The molecular weight excluding hydrogens is 338 g/mol. The summed E-state index contributed by atoms with van der Waals surface area (Å²) in [6, 6.07) is 12.1. The van der Waals surface area contributed by atoms with Crippen molar-refractivity contribution in [3.63, 3.8) is 0 Å². The van der Waals surface area contributed by atoms with Crippen molar-refractivity contribution in [2.75, 3.05) is 25.6 Å². The fourth-order valence-corrected chi connectivity index (χ4v) is 3.27. The van der Waals surface area contributed by atoms with E-state index in [9.17, 15) is 0 Å². The molecular formula is C18H21N3O3S. The summed E-state index contributed by atoms with van der Waals surface area (Å²) < 4.78 is 12.8. The monoisotopic (exact) mass is 359 g/mol. The van der Waals surface area contributed by atoms with E-state index < -0.39 is 0 Å². The summed E-state index contributed by atoms with van der Waals surface area (Å²) in [5, 5.41) is 18.3. The molecule has 0 unspecified atom stereocenters. The molecule has 132 valence electrons. The van der Waals surface area contributed by atoms with Crippen LogP contribution in [-0.2, 0) is 11.3 Å². The summed E-state index contributed by atoms with van der Waals surface area (Å²) in [5.74, 6) is 2.37. The lowest BCUT2D eigenvalue weighted by Crippen LogP contribution is -2.06. The molecule has 0 saturated carbocycles. The van der Waals surface area contributed by atoms with E-state index >= 15 is 0 Å². The Morgan fingerprint density at radius 2 is 2.00 bits per heavy atom. The van der Waals surface area contributed by atoms with Gasteiger partial charge in [-0.05, 0) is 18.6 Å². The molecule has 3 rings (SSSR count). The molecule has 0 radical (unpaired) electrons. The Balaban J connectivity index is 1.82. The van der Waals surface area contributed by atoms with E-state index in [0.29, 0.717) is 19.8 Å². The van der Waals surface area contributed by atoms with E-state index in [1.807, 2.05) is 31.2 Å². The van der Waals surface area contributed by atoms with Crippen LogP contribution in [0.2, 0.25) is 0 Å². The van der Waals surface area contributed by atoms with Gasteiger partial charge in [-0.15, -0.1) is 10.2 Å². The zero-order valence-electron chi connectivity index (χ0n) is 14.1. The highest BCUT2D eigenvalue weighted by molar-refractivity contribution is 7.99. The maximum Gasteiger partial charge on any atom is 0.191 e. The number of furan rings is 1. The molecule has 0 saturated heterocycles.